The second kappa shape index (κ2) is 5.26. The van der Waals surface area contributed by atoms with Gasteiger partial charge in [0.25, 0.3) is 0 Å². The third-order valence-electron chi connectivity index (χ3n) is 2.10. The summed E-state index contributed by atoms with van der Waals surface area (Å²) in [4.78, 5) is 11.0. The Morgan fingerprint density at radius 3 is 3.00 bits per heavy atom. The van der Waals surface area contributed by atoms with Crippen LogP contribution in [0.3, 0.4) is 0 Å². The minimum absolute atomic E-state index is 0.00880. The van der Waals surface area contributed by atoms with Crippen molar-refractivity contribution in [1.29, 1.82) is 0 Å². The van der Waals surface area contributed by atoms with Crippen molar-refractivity contribution < 1.29 is 19.4 Å². The van der Waals surface area contributed by atoms with E-state index in [1.165, 1.54) is 7.11 Å². The van der Waals surface area contributed by atoms with Gasteiger partial charge in [-0.05, 0) is 0 Å². The maximum Gasteiger partial charge on any atom is 0.246 e. The molecule has 1 fully saturated rings. The van der Waals surface area contributed by atoms with Gasteiger partial charge < -0.3 is 25.6 Å². The molecular weight excluding hydrogens is 188 g/mol. The lowest BCUT2D eigenvalue weighted by Crippen LogP contribution is -2.43. The van der Waals surface area contributed by atoms with Crippen LogP contribution in [0.25, 0.3) is 0 Å². The zero-order valence-corrected chi connectivity index (χ0v) is 8.10. The third-order valence-corrected chi connectivity index (χ3v) is 2.10. The van der Waals surface area contributed by atoms with Crippen molar-refractivity contribution in [3.63, 3.8) is 0 Å². The zero-order valence-electron chi connectivity index (χ0n) is 8.10. The van der Waals surface area contributed by atoms with Crippen LogP contribution in [0.5, 0.6) is 0 Å². The lowest BCUT2D eigenvalue weighted by molar-refractivity contribution is -0.125. The molecule has 0 radical (unpaired) electrons. The van der Waals surface area contributed by atoms with E-state index in [9.17, 15) is 9.90 Å². The Morgan fingerprint density at radius 2 is 2.50 bits per heavy atom. The maximum absolute atomic E-state index is 11.0. The smallest absolute Gasteiger partial charge is 0.246 e. The highest BCUT2D eigenvalue weighted by Gasteiger charge is 2.33. The standard InChI is InChI=1S/C8H16N2O4/c1-13-4-7(11)10-2-6-8(12)5(9)3-14-6/h5-6,8,12H,2-4,9H2,1H3,(H,10,11)/t5-,6-,8+/m1/s1. The minimum atomic E-state index is -0.710. The van der Waals surface area contributed by atoms with E-state index < -0.39 is 12.2 Å². The predicted octanol–water partition coefficient (Wildman–Crippen LogP) is -2.16. The fourth-order valence-electron chi connectivity index (χ4n) is 1.28. The average molecular weight is 204 g/mol. The first-order valence-corrected chi connectivity index (χ1v) is 4.46. The average Bonchev–Trinajstić information content (AvgIpc) is 2.46. The summed E-state index contributed by atoms with van der Waals surface area (Å²) >= 11 is 0. The summed E-state index contributed by atoms with van der Waals surface area (Å²) in [5.41, 5.74) is 5.52. The van der Waals surface area contributed by atoms with Gasteiger partial charge in [0.2, 0.25) is 5.91 Å². The molecule has 0 bridgehead atoms. The Bertz CT molecular complexity index is 200. The van der Waals surface area contributed by atoms with Gasteiger partial charge in [0.05, 0.1) is 18.8 Å². The molecule has 0 aromatic rings. The number of hydrogen-bond acceptors (Lipinski definition) is 5. The maximum atomic E-state index is 11.0. The molecule has 1 aliphatic heterocycles. The Labute approximate surface area is 82.4 Å². The summed E-state index contributed by atoms with van der Waals surface area (Å²) in [5, 5.41) is 12.0. The van der Waals surface area contributed by atoms with Crippen LogP contribution in [0.15, 0.2) is 0 Å². The Hall–Kier alpha value is -0.690. The van der Waals surface area contributed by atoms with Crippen LogP contribution in [0.4, 0.5) is 0 Å². The molecule has 6 heteroatoms. The number of rotatable bonds is 4. The van der Waals surface area contributed by atoms with E-state index in [2.05, 4.69) is 10.1 Å². The van der Waals surface area contributed by atoms with Gasteiger partial charge in [0, 0.05) is 13.7 Å². The molecule has 1 heterocycles. The molecule has 0 aliphatic carbocycles. The zero-order chi connectivity index (χ0) is 10.6. The van der Waals surface area contributed by atoms with Crippen LogP contribution in [0, 0.1) is 0 Å². The third kappa shape index (κ3) is 2.91. The van der Waals surface area contributed by atoms with Crippen molar-refractivity contribution in [2.45, 2.75) is 18.2 Å². The number of amides is 1. The van der Waals surface area contributed by atoms with Crippen LogP contribution in [0.2, 0.25) is 0 Å². The molecule has 3 atom stereocenters. The summed E-state index contributed by atoms with van der Waals surface area (Å²) in [6, 6.07) is -0.362. The number of nitrogens with one attached hydrogen (secondary N) is 1. The fourth-order valence-corrected chi connectivity index (χ4v) is 1.28. The minimum Gasteiger partial charge on any atom is -0.389 e. The van der Waals surface area contributed by atoms with Crippen molar-refractivity contribution in [1.82, 2.24) is 5.32 Å². The largest absolute Gasteiger partial charge is 0.389 e. The van der Waals surface area contributed by atoms with Gasteiger partial charge in [-0.25, -0.2) is 0 Å². The molecule has 1 rings (SSSR count). The second-order valence-electron chi connectivity index (χ2n) is 3.26. The Kier molecular flexibility index (Phi) is 4.27. The lowest BCUT2D eigenvalue weighted by Gasteiger charge is -2.15. The van der Waals surface area contributed by atoms with Gasteiger partial charge >= 0.3 is 0 Å². The van der Waals surface area contributed by atoms with Crippen LogP contribution >= 0.6 is 0 Å². The molecule has 1 aliphatic rings. The predicted molar refractivity (Wildman–Crippen MR) is 48.6 cm³/mol. The molecule has 6 nitrogen and oxygen atoms in total. The van der Waals surface area contributed by atoms with Gasteiger partial charge in [-0.1, -0.05) is 0 Å². The van der Waals surface area contributed by atoms with Crippen LogP contribution in [-0.4, -0.2) is 56.1 Å². The highest BCUT2D eigenvalue weighted by atomic mass is 16.5. The molecule has 0 spiro atoms. The molecule has 14 heavy (non-hydrogen) atoms. The number of ether oxygens (including phenoxy) is 2. The van der Waals surface area contributed by atoms with Crippen molar-refractivity contribution in [2.75, 3.05) is 26.9 Å². The van der Waals surface area contributed by atoms with Crippen molar-refractivity contribution >= 4 is 5.91 Å². The first-order valence-electron chi connectivity index (χ1n) is 4.46. The van der Waals surface area contributed by atoms with Gasteiger partial charge in [-0.15, -0.1) is 0 Å². The van der Waals surface area contributed by atoms with Crippen LogP contribution in [0.1, 0.15) is 0 Å². The normalized spacial score (nSPS) is 31.8. The summed E-state index contributed by atoms with van der Waals surface area (Å²) in [5.74, 6) is -0.233. The van der Waals surface area contributed by atoms with E-state index in [0.717, 1.165) is 0 Å². The van der Waals surface area contributed by atoms with E-state index >= 15 is 0 Å². The van der Waals surface area contributed by atoms with Gasteiger partial charge in [-0.3, -0.25) is 4.79 Å². The molecule has 0 aromatic carbocycles. The summed E-state index contributed by atoms with van der Waals surface area (Å²) in [7, 11) is 1.44. The van der Waals surface area contributed by atoms with E-state index in [-0.39, 0.29) is 25.1 Å². The lowest BCUT2D eigenvalue weighted by atomic mass is 10.1. The quantitative estimate of drug-likeness (QED) is 0.485. The highest BCUT2D eigenvalue weighted by molar-refractivity contribution is 5.77. The monoisotopic (exact) mass is 204 g/mol. The van der Waals surface area contributed by atoms with Crippen molar-refractivity contribution in [3.05, 3.63) is 0 Å². The Balaban J connectivity index is 2.22. The first-order chi connectivity index (χ1) is 6.65. The van der Waals surface area contributed by atoms with Gasteiger partial charge in [0.15, 0.2) is 0 Å². The Morgan fingerprint density at radius 1 is 1.79 bits per heavy atom. The number of nitrogens with two attached hydrogens (primary N) is 1. The van der Waals surface area contributed by atoms with E-state index in [0.29, 0.717) is 6.61 Å². The number of carbonyl (C=O) groups excluding carboxylic acids is 1. The van der Waals surface area contributed by atoms with Crippen LogP contribution < -0.4 is 11.1 Å². The van der Waals surface area contributed by atoms with E-state index in [1.807, 2.05) is 0 Å². The molecule has 1 amide bonds. The second-order valence-corrected chi connectivity index (χ2v) is 3.26. The molecule has 1 saturated heterocycles. The topological polar surface area (TPSA) is 93.8 Å². The summed E-state index contributed by atoms with van der Waals surface area (Å²) in [6.07, 6.45) is -1.12. The van der Waals surface area contributed by atoms with Gasteiger partial charge in [-0.2, -0.15) is 0 Å². The number of methoxy groups -OCH3 is 1. The molecule has 0 unspecified atom stereocenters. The van der Waals surface area contributed by atoms with E-state index in [4.69, 9.17) is 10.5 Å². The number of carbonyl (C=O) groups is 1. The number of aliphatic hydroxyl groups excluding tert-OH is 1. The van der Waals surface area contributed by atoms with Crippen molar-refractivity contribution in [2.24, 2.45) is 5.73 Å². The molecular formula is C8H16N2O4. The molecule has 0 saturated carbocycles. The molecule has 0 aromatic heterocycles. The summed E-state index contributed by atoms with van der Waals surface area (Å²) < 4.78 is 9.80. The first kappa shape index (κ1) is 11.4. The molecule has 82 valence electrons. The van der Waals surface area contributed by atoms with Crippen LogP contribution in [-0.2, 0) is 14.3 Å². The van der Waals surface area contributed by atoms with Crippen molar-refractivity contribution in [3.8, 4) is 0 Å². The molecule has 4 N–H and O–H groups in total. The fraction of sp³-hybridized carbons (Fsp3) is 0.875. The number of aliphatic hydroxyl groups is 1. The van der Waals surface area contributed by atoms with Gasteiger partial charge in [0.1, 0.15) is 12.7 Å². The van der Waals surface area contributed by atoms with E-state index in [1.54, 1.807) is 0 Å². The highest BCUT2D eigenvalue weighted by Crippen LogP contribution is 2.11. The SMILES string of the molecule is COCC(=O)NC[C@H]1OC[C@@H](N)[C@@H]1O. The number of hydrogen-bond donors (Lipinski definition) is 3. The summed E-state index contributed by atoms with van der Waals surface area (Å²) in [6.45, 7) is 0.595.